The number of nitrogens with zero attached hydrogens (tertiary/aromatic N) is 1. The molecule has 3 aromatic rings. The molecule has 0 saturated carbocycles. The van der Waals surface area contributed by atoms with Crippen LogP contribution in [0.3, 0.4) is 0 Å². The highest BCUT2D eigenvalue weighted by Crippen LogP contribution is 2.21. The van der Waals surface area contributed by atoms with E-state index in [9.17, 15) is 13.6 Å². The van der Waals surface area contributed by atoms with Gasteiger partial charge < -0.3 is 9.47 Å². The Kier molecular flexibility index (Phi) is 6.92. The lowest BCUT2D eigenvalue weighted by molar-refractivity contribution is 0.0734. The number of esters is 1. The van der Waals surface area contributed by atoms with Crippen molar-refractivity contribution in [3.8, 4) is 17.6 Å². The Bertz CT molecular complexity index is 1140. The van der Waals surface area contributed by atoms with Crippen molar-refractivity contribution in [2.45, 2.75) is 0 Å². The summed E-state index contributed by atoms with van der Waals surface area (Å²) in [4.78, 5) is 12.2. The first kappa shape index (κ1) is 21.5. The molecular weight excluding hydrogens is 400 g/mol. The zero-order valence-corrected chi connectivity index (χ0v) is 16.3. The third-order valence-corrected chi connectivity index (χ3v) is 4.20. The molecule has 6 heteroatoms. The number of benzene rings is 3. The lowest BCUT2D eigenvalue weighted by Gasteiger charge is -2.06. The summed E-state index contributed by atoms with van der Waals surface area (Å²) in [7, 11) is 0. The largest absolute Gasteiger partial charge is 0.490 e. The maximum absolute atomic E-state index is 13.6. The van der Waals surface area contributed by atoms with Gasteiger partial charge in [0, 0.05) is 12.1 Å². The van der Waals surface area contributed by atoms with Crippen LogP contribution in [-0.2, 0) is 0 Å². The van der Waals surface area contributed by atoms with Gasteiger partial charge in [-0.3, -0.25) is 0 Å². The second-order valence-corrected chi connectivity index (χ2v) is 6.39. The fourth-order valence-electron chi connectivity index (χ4n) is 2.63. The van der Waals surface area contributed by atoms with Crippen LogP contribution in [0.25, 0.3) is 12.2 Å². The summed E-state index contributed by atoms with van der Waals surface area (Å²) in [6.07, 6.45) is 5.46. The van der Waals surface area contributed by atoms with Crippen LogP contribution in [0.1, 0.15) is 27.0 Å². The standard InChI is InChI=1S/C25H17F2NO3/c1-2-13-30-20-11-7-18(8-12-20)4-3-17-5-9-19(10-6-17)25(29)31-21-14-23(26)22(16-28)24(27)15-21/h2-12,14-15H,1,13H2. The van der Waals surface area contributed by atoms with E-state index < -0.39 is 23.2 Å². The minimum Gasteiger partial charge on any atom is -0.490 e. The number of halogens is 2. The fourth-order valence-corrected chi connectivity index (χ4v) is 2.63. The van der Waals surface area contributed by atoms with E-state index in [0.717, 1.165) is 29.0 Å². The fraction of sp³-hybridized carbons (Fsp3) is 0.0400. The van der Waals surface area contributed by atoms with E-state index in [-0.39, 0.29) is 11.3 Å². The Morgan fingerprint density at radius 3 is 2.00 bits per heavy atom. The van der Waals surface area contributed by atoms with Gasteiger partial charge in [-0.25, -0.2) is 13.6 Å². The monoisotopic (exact) mass is 417 g/mol. The van der Waals surface area contributed by atoms with Crippen LogP contribution in [0, 0.1) is 23.0 Å². The molecule has 0 atom stereocenters. The second-order valence-electron chi connectivity index (χ2n) is 6.39. The first-order chi connectivity index (χ1) is 15.0. The van der Waals surface area contributed by atoms with Gasteiger partial charge in [-0.2, -0.15) is 5.26 Å². The van der Waals surface area contributed by atoms with Gasteiger partial charge in [0.25, 0.3) is 0 Å². The molecule has 0 amide bonds. The van der Waals surface area contributed by atoms with Crippen molar-refractivity contribution in [3.63, 3.8) is 0 Å². The molecule has 0 spiro atoms. The summed E-state index contributed by atoms with van der Waals surface area (Å²) in [6.45, 7) is 4.05. The zero-order chi connectivity index (χ0) is 22.2. The number of nitriles is 1. The minimum absolute atomic E-state index is 0.214. The molecule has 0 saturated heterocycles. The molecule has 3 rings (SSSR count). The molecule has 0 aromatic heterocycles. The summed E-state index contributed by atoms with van der Waals surface area (Å²) in [5.41, 5.74) is 1.30. The van der Waals surface area contributed by atoms with Crippen molar-refractivity contribution in [1.82, 2.24) is 0 Å². The van der Waals surface area contributed by atoms with Gasteiger partial charge in [0.2, 0.25) is 0 Å². The minimum atomic E-state index is -1.09. The van der Waals surface area contributed by atoms with Gasteiger partial charge >= 0.3 is 5.97 Å². The number of carbonyl (C=O) groups is 1. The smallest absolute Gasteiger partial charge is 0.343 e. The highest BCUT2D eigenvalue weighted by molar-refractivity contribution is 5.91. The molecule has 0 N–H and O–H groups in total. The molecule has 0 fully saturated rings. The first-order valence-electron chi connectivity index (χ1n) is 9.23. The lowest BCUT2D eigenvalue weighted by Crippen LogP contribution is -2.09. The van der Waals surface area contributed by atoms with Crippen molar-refractivity contribution in [3.05, 3.63) is 107 Å². The van der Waals surface area contributed by atoms with E-state index in [1.165, 1.54) is 6.07 Å². The van der Waals surface area contributed by atoms with Crippen LogP contribution < -0.4 is 9.47 Å². The van der Waals surface area contributed by atoms with Crippen LogP contribution in [0.5, 0.6) is 11.5 Å². The molecule has 154 valence electrons. The van der Waals surface area contributed by atoms with Crippen LogP contribution >= 0.6 is 0 Å². The van der Waals surface area contributed by atoms with Gasteiger partial charge in [-0.05, 0) is 35.4 Å². The number of hydrogen-bond donors (Lipinski definition) is 0. The number of carbonyl (C=O) groups excluding carboxylic acids is 1. The Labute approximate surface area is 178 Å². The quantitative estimate of drug-likeness (QED) is 0.211. The Morgan fingerprint density at radius 1 is 0.935 bits per heavy atom. The third kappa shape index (κ3) is 5.64. The molecule has 0 unspecified atom stereocenters. The maximum atomic E-state index is 13.6. The molecule has 0 aliphatic rings. The maximum Gasteiger partial charge on any atom is 0.343 e. The van der Waals surface area contributed by atoms with Crippen molar-refractivity contribution in [1.29, 1.82) is 5.26 Å². The molecule has 0 radical (unpaired) electrons. The zero-order valence-electron chi connectivity index (χ0n) is 16.3. The van der Waals surface area contributed by atoms with Crippen LogP contribution in [-0.4, -0.2) is 12.6 Å². The molecule has 4 nitrogen and oxygen atoms in total. The Hall–Kier alpha value is -4.24. The second kappa shape index (κ2) is 9.99. The first-order valence-corrected chi connectivity index (χ1v) is 9.23. The predicted molar refractivity (Wildman–Crippen MR) is 114 cm³/mol. The Morgan fingerprint density at radius 2 is 1.48 bits per heavy atom. The SMILES string of the molecule is C=CCOc1ccc(C=Cc2ccc(C(=O)Oc3cc(F)c(C#N)c(F)c3)cc2)cc1. The highest BCUT2D eigenvalue weighted by Gasteiger charge is 2.14. The van der Waals surface area contributed by atoms with Crippen LogP contribution in [0.15, 0.2) is 73.3 Å². The lowest BCUT2D eigenvalue weighted by atomic mass is 10.1. The van der Waals surface area contributed by atoms with Crippen molar-refractivity contribution in [2.75, 3.05) is 6.61 Å². The molecule has 0 bridgehead atoms. The van der Waals surface area contributed by atoms with E-state index in [2.05, 4.69) is 6.58 Å². The number of ether oxygens (including phenoxy) is 2. The molecule has 31 heavy (non-hydrogen) atoms. The average molecular weight is 417 g/mol. The van der Waals surface area contributed by atoms with E-state index in [1.807, 2.05) is 36.4 Å². The van der Waals surface area contributed by atoms with E-state index in [1.54, 1.807) is 30.3 Å². The molecule has 0 heterocycles. The number of hydrogen-bond acceptors (Lipinski definition) is 4. The van der Waals surface area contributed by atoms with Gasteiger partial charge in [0.15, 0.2) is 0 Å². The summed E-state index contributed by atoms with van der Waals surface area (Å²) in [5, 5.41) is 8.68. The van der Waals surface area contributed by atoms with Gasteiger partial charge in [-0.15, -0.1) is 0 Å². The van der Waals surface area contributed by atoms with Crippen molar-refractivity contribution >= 4 is 18.1 Å². The molecule has 0 aliphatic heterocycles. The average Bonchev–Trinajstić information content (AvgIpc) is 2.77. The Balaban J connectivity index is 1.64. The van der Waals surface area contributed by atoms with Gasteiger partial charge in [0.05, 0.1) is 5.56 Å². The van der Waals surface area contributed by atoms with Gasteiger partial charge in [0.1, 0.15) is 41.4 Å². The molecular formula is C25H17F2NO3. The van der Waals surface area contributed by atoms with Crippen molar-refractivity contribution < 1.29 is 23.0 Å². The van der Waals surface area contributed by atoms with E-state index in [0.29, 0.717) is 6.61 Å². The van der Waals surface area contributed by atoms with Crippen LogP contribution in [0.4, 0.5) is 8.78 Å². The summed E-state index contributed by atoms with van der Waals surface area (Å²) < 4.78 is 37.7. The van der Waals surface area contributed by atoms with Crippen LogP contribution in [0.2, 0.25) is 0 Å². The molecule has 3 aromatic carbocycles. The number of rotatable bonds is 7. The summed E-state index contributed by atoms with van der Waals surface area (Å²) in [6, 6.07) is 17.1. The highest BCUT2D eigenvalue weighted by atomic mass is 19.1. The predicted octanol–water partition coefficient (Wildman–Crippen LogP) is 5.79. The van der Waals surface area contributed by atoms with Gasteiger partial charge in [-0.1, -0.05) is 49.1 Å². The van der Waals surface area contributed by atoms with Crippen molar-refractivity contribution in [2.24, 2.45) is 0 Å². The van der Waals surface area contributed by atoms with E-state index in [4.69, 9.17) is 14.7 Å². The summed E-state index contributed by atoms with van der Waals surface area (Å²) >= 11 is 0. The van der Waals surface area contributed by atoms with E-state index >= 15 is 0 Å². The normalized spacial score (nSPS) is 10.5. The summed E-state index contributed by atoms with van der Waals surface area (Å²) in [5.74, 6) is -2.52. The third-order valence-electron chi connectivity index (χ3n) is 4.20. The topological polar surface area (TPSA) is 59.3 Å². The molecule has 0 aliphatic carbocycles.